The van der Waals surface area contributed by atoms with Crippen molar-refractivity contribution in [3.63, 3.8) is 0 Å². The first kappa shape index (κ1) is 14.1. The van der Waals surface area contributed by atoms with Gasteiger partial charge in [-0.25, -0.2) is 18.2 Å². The minimum absolute atomic E-state index is 0.108. The fourth-order valence-electron chi connectivity index (χ4n) is 2.13. The summed E-state index contributed by atoms with van der Waals surface area (Å²) in [5.41, 5.74) is -0.404. The van der Waals surface area contributed by atoms with Crippen molar-refractivity contribution in [2.45, 2.75) is 13.8 Å². The second-order valence-electron chi connectivity index (χ2n) is 4.84. The first-order valence-corrected chi connectivity index (χ1v) is 6.32. The first-order valence-electron chi connectivity index (χ1n) is 6.32. The molecule has 0 atom stereocenters. The van der Waals surface area contributed by atoms with E-state index in [1.807, 2.05) is 0 Å². The largest absolute Gasteiger partial charge is 0.371 e. The van der Waals surface area contributed by atoms with Crippen LogP contribution in [0, 0.1) is 25.6 Å². The zero-order valence-corrected chi connectivity index (χ0v) is 11.7. The van der Waals surface area contributed by atoms with Crippen LogP contribution in [0.25, 0.3) is 11.5 Å². The molecule has 0 fully saturated rings. The quantitative estimate of drug-likeness (QED) is 0.632. The predicted molar refractivity (Wildman–Crippen MR) is 74.2 cm³/mol. The number of hydrogen-bond acceptors (Lipinski definition) is 4. The molecule has 0 aliphatic rings. The van der Waals surface area contributed by atoms with Gasteiger partial charge in [-0.15, -0.1) is 0 Å². The molecule has 0 saturated carbocycles. The molecule has 0 saturated heterocycles. The van der Waals surface area contributed by atoms with Crippen molar-refractivity contribution in [1.82, 2.24) is 18.9 Å². The van der Waals surface area contributed by atoms with Gasteiger partial charge in [-0.2, -0.15) is 14.4 Å². The maximum atomic E-state index is 14.2. The monoisotopic (exact) mass is 304 g/mol. The van der Waals surface area contributed by atoms with E-state index >= 15 is 0 Å². The molecule has 0 aliphatic carbocycles. The van der Waals surface area contributed by atoms with E-state index in [4.69, 9.17) is 0 Å². The smallest absolute Gasteiger partial charge is 0.269 e. The van der Waals surface area contributed by atoms with E-state index in [2.05, 4.69) is 9.97 Å². The summed E-state index contributed by atoms with van der Waals surface area (Å²) in [7, 11) is 0. The lowest BCUT2D eigenvalue weighted by molar-refractivity contribution is 0.545. The Morgan fingerprint density at radius 1 is 1.05 bits per heavy atom. The summed E-state index contributed by atoms with van der Waals surface area (Å²) in [6.07, 6.45) is 0.898. The maximum absolute atomic E-state index is 14.2. The summed E-state index contributed by atoms with van der Waals surface area (Å²) < 4.78 is 29.7. The molecule has 6 nitrogen and oxygen atoms in total. The van der Waals surface area contributed by atoms with Crippen molar-refractivity contribution in [2.75, 3.05) is 0 Å². The SMILES string of the molecule is Cc1cc(F)c(-n2c(=O)cc(F)n3cnc(=O)nc23)cc1C. The van der Waals surface area contributed by atoms with Crippen LogP contribution < -0.4 is 11.2 Å². The Bertz CT molecular complexity index is 1020. The van der Waals surface area contributed by atoms with E-state index in [-0.39, 0.29) is 11.5 Å². The Hall–Kier alpha value is -2.90. The molecule has 8 heteroatoms. The highest BCUT2D eigenvalue weighted by Crippen LogP contribution is 2.18. The maximum Gasteiger partial charge on any atom is 0.371 e. The van der Waals surface area contributed by atoms with Crippen LogP contribution in [0.15, 0.2) is 34.1 Å². The van der Waals surface area contributed by atoms with Gasteiger partial charge in [0.15, 0.2) is 0 Å². The van der Waals surface area contributed by atoms with E-state index in [0.717, 1.165) is 20.9 Å². The lowest BCUT2D eigenvalue weighted by Gasteiger charge is -2.12. The molecule has 2 aromatic heterocycles. The minimum Gasteiger partial charge on any atom is -0.269 e. The Morgan fingerprint density at radius 2 is 1.73 bits per heavy atom. The molecule has 1 aromatic carbocycles. The van der Waals surface area contributed by atoms with Crippen molar-refractivity contribution < 1.29 is 8.78 Å². The highest BCUT2D eigenvalue weighted by atomic mass is 19.1. The normalized spacial score (nSPS) is 11.1. The summed E-state index contributed by atoms with van der Waals surface area (Å²) >= 11 is 0. The van der Waals surface area contributed by atoms with Gasteiger partial charge in [-0.3, -0.25) is 4.79 Å². The molecule has 3 aromatic rings. The molecular weight excluding hydrogens is 294 g/mol. The Morgan fingerprint density at radius 3 is 2.45 bits per heavy atom. The van der Waals surface area contributed by atoms with E-state index in [1.165, 1.54) is 12.1 Å². The molecular formula is C14H10F2N4O2. The highest BCUT2D eigenvalue weighted by Gasteiger charge is 2.15. The predicted octanol–water partition coefficient (Wildman–Crippen LogP) is 1.14. The van der Waals surface area contributed by atoms with Crippen LogP contribution in [0.1, 0.15) is 11.1 Å². The summed E-state index contributed by atoms with van der Waals surface area (Å²) in [6, 6.07) is 3.38. The van der Waals surface area contributed by atoms with Gasteiger partial charge in [-0.1, -0.05) is 0 Å². The molecule has 0 unspecified atom stereocenters. The zero-order chi connectivity index (χ0) is 16.0. The van der Waals surface area contributed by atoms with Gasteiger partial charge in [0.25, 0.3) is 5.56 Å². The van der Waals surface area contributed by atoms with Crippen molar-refractivity contribution in [3.05, 3.63) is 68.3 Å². The molecule has 0 N–H and O–H groups in total. The number of halogens is 2. The number of hydrogen-bond donors (Lipinski definition) is 0. The standard InChI is InChI=1S/C14H10F2N4O2/c1-7-3-9(15)10(4-8(7)2)20-12(21)5-11(16)19-6-17-13(22)18-14(19)20/h3-6H,1-2H3. The van der Waals surface area contributed by atoms with E-state index < -0.39 is 23.0 Å². The van der Waals surface area contributed by atoms with Crippen LogP contribution in [0.5, 0.6) is 0 Å². The van der Waals surface area contributed by atoms with Crippen molar-refractivity contribution in [1.29, 1.82) is 0 Å². The van der Waals surface area contributed by atoms with Crippen LogP contribution >= 0.6 is 0 Å². The van der Waals surface area contributed by atoms with Crippen LogP contribution in [-0.2, 0) is 0 Å². The molecule has 2 heterocycles. The highest BCUT2D eigenvalue weighted by molar-refractivity contribution is 5.47. The van der Waals surface area contributed by atoms with E-state index in [0.29, 0.717) is 11.6 Å². The van der Waals surface area contributed by atoms with Gasteiger partial charge >= 0.3 is 5.69 Å². The number of aryl methyl sites for hydroxylation is 2. The van der Waals surface area contributed by atoms with Crippen LogP contribution in [0.2, 0.25) is 0 Å². The fourth-order valence-corrected chi connectivity index (χ4v) is 2.13. The van der Waals surface area contributed by atoms with Gasteiger partial charge in [0.05, 0.1) is 11.8 Å². The average molecular weight is 304 g/mol. The minimum atomic E-state index is -0.944. The van der Waals surface area contributed by atoms with Gasteiger partial charge < -0.3 is 0 Å². The molecule has 0 amide bonds. The fraction of sp³-hybridized carbons (Fsp3) is 0.143. The number of fused-ring (bicyclic) bond motifs is 1. The third-order valence-electron chi connectivity index (χ3n) is 3.39. The van der Waals surface area contributed by atoms with Gasteiger partial charge in [0, 0.05) is 0 Å². The third-order valence-corrected chi connectivity index (χ3v) is 3.39. The second-order valence-corrected chi connectivity index (χ2v) is 4.84. The van der Waals surface area contributed by atoms with Gasteiger partial charge in [0.2, 0.25) is 11.7 Å². The summed E-state index contributed by atoms with van der Waals surface area (Å²) in [4.78, 5) is 30.3. The third kappa shape index (κ3) is 2.09. The topological polar surface area (TPSA) is 69.3 Å². The summed E-state index contributed by atoms with van der Waals surface area (Å²) in [5, 5.41) is 0. The lowest BCUT2D eigenvalue weighted by atomic mass is 10.1. The summed E-state index contributed by atoms with van der Waals surface area (Å²) in [5.74, 6) is -1.96. The van der Waals surface area contributed by atoms with Crippen LogP contribution in [0.4, 0.5) is 8.78 Å². The van der Waals surface area contributed by atoms with Crippen molar-refractivity contribution in [3.8, 4) is 5.69 Å². The molecule has 3 rings (SSSR count). The number of benzene rings is 1. The van der Waals surface area contributed by atoms with Crippen LogP contribution in [-0.4, -0.2) is 18.9 Å². The average Bonchev–Trinajstić information content (AvgIpc) is 2.43. The number of rotatable bonds is 1. The van der Waals surface area contributed by atoms with Gasteiger partial charge in [0.1, 0.15) is 12.1 Å². The van der Waals surface area contributed by atoms with E-state index in [1.54, 1.807) is 13.8 Å². The van der Waals surface area contributed by atoms with Gasteiger partial charge in [-0.05, 0) is 37.1 Å². The molecule has 0 spiro atoms. The van der Waals surface area contributed by atoms with E-state index in [9.17, 15) is 18.4 Å². The summed E-state index contributed by atoms with van der Waals surface area (Å²) in [6.45, 7) is 3.47. The Balaban J connectivity index is 2.51. The Kier molecular flexibility index (Phi) is 3.09. The molecule has 0 aliphatic heterocycles. The second kappa shape index (κ2) is 4.83. The zero-order valence-electron chi connectivity index (χ0n) is 11.7. The molecule has 0 bridgehead atoms. The van der Waals surface area contributed by atoms with Crippen LogP contribution in [0.3, 0.4) is 0 Å². The van der Waals surface area contributed by atoms with Crippen molar-refractivity contribution >= 4 is 5.78 Å². The molecule has 112 valence electrons. The lowest BCUT2D eigenvalue weighted by Crippen LogP contribution is -2.27. The Labute approximate surface area is 122 Å². The first-order chi connectivity index (χ1) is 10.4. The number of nitrogens with zero attached hydrogens (tertiary/aromatic N) is 4. The number of aromatic nitrogens is 4. The molecule has 0 radical (unpaired) electrons. The molecule has 22 heavy (non-hydrogen) atoms. The van der Waals surface area contributed by atoms with Crippen molar-refractivity contribution in [2.24, 2.45) is 0 Å².